The third-order valence-electron chi connectivity index (χ3n) is 4.54. The van der Waals surface area contributed by atoms with Gasteiger partial charge in [0.2, 0.25) is 0 Å². The zero-order chi connectivity index (χ0) is 24.1. The first-order valence-corrected chi connectivity index (χ1v) is 11.3. The summed E-state index contributed by atoms with van der Waals surface area (Å²) in [5, 5.41) is 2.68. The van der Waals surface area contributed by atoms with Crippen molar-refractivity contribution in [1.82, 2.24) is 0 Å². The van der Waals surface area contributed by atoms with Gasteiger partial charge in [0.25, 0.3) is 15.9 Å². The van der Waals surface area contributed by atoms with Crippen LogP contribution < -0.4 is 10.0 Å². The molecule has 3 aromatic carbocycles. The average Bonchev–Trinajstić information content (AvgIpc) is 2.76. The molecule has 3 rings (SSSR count). The first-order chi connectivity index (χ1) is 15.5. The smallest absolute Gasteiger partial charge is 0.367 e. The van der Waals surface area contributed by atoms with Gasteiger partial charge in [-0.15, -0.1) is 0 Å². The van der Waals surface area contributed by atoms with E-state index in [1.807, 2.05) is 0 Å². The molecule has 6 nitrogen and oxygen atoms in total. The third-order valence-corrected chi connectivity index (χ3v) is 5.93. The molecule has 10 heteroatoms. The van der Waals surface area contributed by atoms with Crippen LogP contribution >= 0.6 is 0 Å². The van der Waals surface area contributed by atoms with Gasteiger partial charge in [0, 0.05) is 11.3 Å². The number of benzene rings is 3. The van der Waals surface area contributed by atoms with E-state index in [1.165, 1.54) is 42.5 Å². The number of carbonyl (C=O) groups is 1. The van der Waals surface area contributed by atoms with Crippen molar-refractivity contribution in [3.63, 3.8) is 0 Å². The summed E-state index contributed by atoms with van der Waals surface area (Å²) in [5.41, 5.74) is 2.11. The molecule has 0 aliphatic heterocycles. The van der Waals surface area contributed by atoms with E-state index in [4.69, 9.17) is 0 Å². The van der Waals surface area contributed by atoms with Crippen LogP contribution in [0.1, 0.15) is 21.5 Å². The summed E-state index contributed by atoms with van der Waals surface area (Å²) in [6, 6.07) is 18.6. The molecule has 0 saturated carbocycles. The summed E-state index contributed by atoms with van der Waals surface area (Å²) in [4.78, 5) is 12.7. The van der Waals surface area contributed by atoms with Crippen LogP contribution in [0.15, 0.2) is 77.7 Å². The average molecular weight is 478 g/mol. The van der Waals surface area contributed by atoms with Crippen LogP contribution in [0.2, 0.25) is 0 Å². The van der Waals surface area contributed by atoms with Crippen molar-refractivity contribution in [2.45, 2.75) is 24.6 Å². The Morgan fingerprint density at radius 2 is 1.64 bits per heavy atom. The highest BCUT2D eigenvalue weighted by atomic mass is 32.2. The monoisotopic (exact) mass is 478 g/mol. The number of alkyl halides is 3. The SMILES string of the molecule is Cc1ccc(NC(=O)c2ccc(COCC(F)(F)F)cc2)cc1NS(=O)(=O)c1ccccc1. The van der Waals surface area contributed by atoms with Crippen LogP contribution in [0, 0.1) is 6.92 Å². The van der Waals surface area contributed by atoms with Gasteiger partial charge >= 0.3 is 6.18 Å². The summed E-state index contributed by atoms with van der Waals surface area (Å²) in [6.07, 6.45) is -4.40. The van der Waals surface area contributed by atoms with Gasteiger partial charge in [-0.1, -0.05) is 36.4 Å². The number of rotatable bonds is 8. The van der Waals surface area contributed by atoms with Gasteiger partial charge in [-0.3, -0.25) is 9.52 Å². The molecule has 174 valence electrons. The second-order valence-electron chi connectivity index (χ2n) is 7.21. The van der Waals surface area contributed by atoms with Crippen molar-refractivity contribution in [3.8, 4) is 0 Å². The van der Waals surface area contributed by atoms with Crippen LogP contribution in [0.4, 0.5) is 24.5 Å². The molecular weight excluding hydrogens is 457 g/mol. The Morgan fingerprint density at radius 1 is 0.970 bits per heavy atom. The molecule has 0 spiro atoms. The summed E-state index contributed by atoms with van der Waals surface area (Å²) >= 11 is 0. The zero-order valence-electron chi connectivity index (χ0n) is 17.5. The Bertz CT molecular complexity index is 1210. The number of aryl methyl sites for hydroxylation is 1. The number of ether oxygens (including phenoxy) is 1. The van der Waals surface area contributed by atoms with Crippen molar-refractivity contribution in [2.24, 2.45) is 0 Å². The van der Waals surface area contributed by atoms with Crippen molar-refractivity contribution in [3.05, 3.63) is 89.5 Å². The van der Waals surface area contributed by atoms with Crippen LogP contribution in [0.25, 0.3) is 0 Å². The molecule has 1 amide bonds. The Labute approximate surface area is 189 Å². The fourth-order valence-corrected chi connectivity index (χ4v) is 4.00. The second-order valence-corrected chi connectivity index (χ2v) is 8.89. The maximum atomic E-state index is 12.6. The van der Waals surface area contributed by atoms with Gasteiger partial charge < -0.3 is 10.1 Å². The van der Waals surface area contributed by atoms with E-state index >= 15 is 0 Å². The Balaban J connectivity index is 1.67. The molecule has 33 heavy (non-hydrogen) atoms. The van der Waals surface area contributed by atoms with Crippen molar-refractivity contribution in [1.29, 1.82) is 0 Å². The zero-order valence-corrected chi connectivity index (χ0v) is 18.3. The first kappa shape index (κ1) is 24.3. The first-order valence-electron chi connectivity index (χ1n) is 9.77. The van der Waals surface area contributed by atoms with Gasteiger partial charge in [-0.25, -0.2) is 8.42 Å². The molecule has 0 aromatic heterocycles. The van der Waals surface area contributed by atoms with Gasteiger partial charge in [0.05, 0.1) is 17.2 Å². The highest BCUT2D eigenvalue weighted by Crippen LogP contribution is 2.24. The number of hydrogen-bond acceptors (Lipinski definition) is 4. The molecule has 0 aliphatic carbocycles. The van der Waals surface area contributed by atoms with Crippen molar-refractivity contribution < 1.29 is 31.1 Å². The van der Waals surface area contributed by atoms with E-state index in [2.05, 4.69) is 14.8 Å². The molecule has 2 N–H and O–H groups in total. The van der Waals surface area contributed by atoms with Crippen LogP contribution in [0.3, 0.4) is 0 Å². The minimum Gasteiger partial charge on any atom is -0.367 e. The van der Waals surface area contributed by atoms with Gasteiger partial charge in [-0.2, -0.15) is 13.2 Å². The van der Waals surface area contributed by atoms with Crippen molar-refractivity contribution >= 4 is 27.3 Å². The molecule has 0 radical (unpaired) electrons. The van der Waals surface area contributed by atoms with Crippen LogP contribution in [0.5, 0.6) is 0 Å². The molecular formula is C23H21F3N2O4S. The van der Waals surface area contributed by atoms with E-state index in [0.717, 1.165) is 0 Å². The minimum atomic E-state index is -4.40. The van der Waals surface area contributed by atoms with E-state index in [-0.39, 0.29) is 17.1 Å². The van der Waals surface area contributed by atoms with Crippen LogP contribution in [-0.2, 0) is 21.4 Å². The normalized spacial score (nSPS) is 11.8. The van der Waals surface area contributed by atoms with Gasteiger partial charge in [0.1, 0.15) is 6.61 Å². The summed E-state index contributed by atoms with van der Waals surface area (Å²) < 4.78 is 68.8. The highest BCUT2D eigenvalue weighted by molar-refractivity contribution is 7.92. The molecule has 0 fully saturated rings. The largest absolute Gasteiger partial charge is 0.411 e. The Morgan fingerprint density at radius 3 is 2.27 bits per heavy atom. The minimum absolute atomic E-state index is 0.109. The maximum absolute atomic E-state index is 12.6. The van der Waals surface area contributed by atoms with E-state index in [0.29, 0.717) is 22.5 Å². The topological polar surface area (TPSA) is 84.5 Å². The summed E-state index contributed by atoms with van der Waals surface area (Å²) in [5.74, 6) is -0.460. The third kappa shape index (κ3) is 7.06. The Kier molecular flexibility index (Phi) is 7.39. The molecule has 0 bridgehead atoms. The number of nitrogens with one attached hydrogen (secondary N) is 2. The second kappa shape index (κ2) is 10.1. The lowest BCUT2D eigenvalue weighted by atomic mass is 10.1. The lowest BCUT2D eigenvalue weighted by Crippen LogP contribution is -2.17. The predicted molar refractivity (Wildman–Crippen MR) is 119 cm³/mol. The van der Waals surface area contributed by atoms with E-state index < -0.39 is 28.7 Å². The number of sulfonamides is 1. The molecule has 0 aliphatic rings. The fraction of sp³-hybridized carbons (Fsp3) is 0.174. The molecule has 0 unspecified atom stereocenters. The Hall–Kier alpha value is -3.37. The number of halogens is 3. The fourth-order valence-electron chi connectivity index (χ4n) is 2.85. The van der Waals surface area contributed by atoms with Gasteiger partial charge in [-0.05, 0) is 54.4 Å². The highest BCUT2D eigenvalue weighted by Gasteiger charge is 2.27. The van der Waals surface area contributed by atoms with Crippen molar-refractivity contribution in [2.75, 3.05) is 16.6 Å². The molecule has 3 aromatic rings. The molecule has 0 atom stereocenters. The number of anilines is 2. The van der Waals surface area contributed by atoms with E-state index in [9.17, 15) is 26.4 Å². The quantitative estimate of drug-likeness (QED) is 0.470. The summed E-state index contributed by atoms with van der Waals surface area (Å²) in [6.45, 7) is 0.150. The number of amides is 1. The lowest BCUT2D eigenvalue weighted by Gasteiger charge is -2.13. The number of hydrogen-bond donors (Lipinski definition) is 2. The van der Waals surface area contributed by atoms with E-state index in [1.54, 1.807) is 37.3 Å². The molecule has 0 heterocycles. The maximum Gasteiger partial charge on any atom is 0.411 e. The molecule has 0 saturated heterocycles. The number of carbonyl (C=O) groups excluding carboxylic acids is 1. The standard InChI is InChI=1S/C23H21F3N2O4S/c1-16-7-12-19(13-21(16)28-33(30,31)20-5-3-2-4-6-20)27-22(29)18-10-8-17(9-11-18)14-32-15-23(24,25)26/h2-13,28H,14-15H2,1H3,(H,27,29). The van der Waals surface area contributed by atoms with Crippen LogP contribution in [-0.4, -0.2) is 27.1 Å². The summed E-state index contributed by atoms with van der Waals surface area (Å²) in [7, 11) is -3.80. The predicted octanol–water partition coefficient (Wildman–Crippen LogP) is 5.13. The lowest BCUT2D eigenvalue weighted by molar-refractivity contribution is -0.176. The van der Waals surface area contributed by atoms with Gasteiger partial charge in [0.15, 0.2) is 0 Å².